The van der Waals surface area contributed by atoms with E-state index in [0.29, 0.717) is 11.9 Å². The zero-order valence-electron chi connectivity index (χ0n) is 18.7. The van der Waals surface area contributed by atoms with Crippen molar-refractivity contribution in [1.82, 2.24) is 20.4 Å². The maximum Gasteiger partial charge on any atom is 0.225 e. The molecule has 2 N–H and O–H groups in total. The molecule has 1 amide bonds. The minimum atomic E-state index is 0. The molecule has 1 unspecified atom stereocenters. The standard InChI is InChI=1S/C22H41N5O.HI/c1-22(2,27-13-8-5-9-14-27)17-24-21(23-3)25-19-12-15-26(16-19)20(28)18-10-6-4-7-11-18;/h18-19H,4-17H2,1-3H3,(H2,23,24,25);1H. The molecule has 1 saturated carbocycles. The average Bonchev–Trinajstić information content (AvgIpc) is 3.20. The summed E-state index contributed by atoms with van der Waals surface area (Å²) in [5, 5.41) is 7.09. The van der Waals surface area contributed by atoms with Gasteiger partial charge in [-0.05, 0) is 59.0 Å². The van der Waals surface area contributed by atoms with Gasteiger partial charge in [0.2, 0.25) is 5.91 Å². The number of hydrogen-bond donors (Lipinski definition) is 2. The van der Waals surface area contributed by atoms with Crippen LogP contribution >= 0.6 is 24.0 Å². The van der Waals surface area contributed by atoms with Crippen LogP contribution in [0.3, 0.4) is 0 Å². The van der Waals surface area contributed by atoms with Crippen molar-refractivity contribution in [2.45, 2.75) is 83.2 Å². The van der Waals surface area contributed by atoms with Crippen LogP contribution in [0.15, 0.2) is 4.99 Å². The third-order valence-corrected chi connectivity index (χ3v) is 6.92. The molecule has 3 aliphatic rings. The van der Waals surface area contributed by atoms with Crippen LogP contribution in [-0.4, -0.2) is 73.0 Å². The van der Waals surface area contributed by atoms with E-state index in [0.717, 1.165) is 44.9 Å². The van der Waals surface area contributed by atoms with Crippen molar-refractivity contribution >= 4 is 35.8 Å². The van der Waals surface area contributed by atoms with Gasteiger partial charge in [-0.25, -0.2) is 0 Å². The Hall–Kier alpha value is -0.570. The van der Waals surface area contributed by atoms with E-state index in [4.69, 9.17) is 0 Å². The summed E-state index contributed by atoms with van der Waals surface area (Å²) in [5.41, 5.74) is 0.122. The number of amides is 1. The van der Waals surface area contributed by atoms with E-state index in [1.54, 1.807) is 0 Å². The molecule has 7 heteroatoms. The predicted molar refractivity (Wildman–Crippen MR) is 131 cm³/mol. The van der Waals surface area contributed by atoms with Gasteiger partial charge in [-0.3, -0.25) is 14.7 Å². The Kier molecular flexibility index (Phi) is 9.98. The number of nitrogens with zero attached hydrogens (tertiary/aromatic N) is 3. The monoisotopic (exact) mass is 519 g/mol. The van der Waals surface area contributed by atoms with Crippen LogP contribution < -0.4 is 10.6 Å². The molecule has 1 atom stereocenters. The van der Waals surface area contributed by atoms with Gasteiger partial charge in [0.05, 0.1) is 0 Å². The molecule has 3 fully saturated rings. The molecule has 0 aromatic carbocycles. The zero-order chi connectivity index (χ0) is 20.0. The molecule has 0 spiro atoms. The fraction of sp³-hybridized carbons (Fsp3) is 0.909. The lowest BCUT2D eigenvalue weighted by Crippen LogP contribution is -2.55. The number of likely N-dealkylation sites (tertiary alicyclic amines) is 2. The smallest absolute Gasteiger partial charge is 0.225 e. The zero-order valence-corrected chi connectivity index (χ0v) is 21.0. The second-order valence-electron chi connectivity index (χ2n) is 9.54. The molecular formula is C22H42IN5O. The summed E-state index contributed by atoms with van der Waals surface area (Å²) < 4.78 is 0. The molecule has 2 aliphatic heterocycles. The molecule has 3 rings (SSSR count). The van der Waals surface area contributed by atoms with Gasteiger partial charge in [-0.2, -0.15) is 0 Å². The second kappa shape index (κ2) is 11.7. The molecule has 6 nitrogen and oxygen atoms in total. The number of aliphatic imine (C=N–C) groups is 1. The number of rotatable bonds is 5. The normalized spacial score (nSPS) is 24.9. The lowest BCUT2D eigenvalue weighted by atomic mass is 9.88. The highest BCUT2D eigenvalue weighted by atomic mass is 127. The Bertz CT molecular complexity index is 541. The molecule has 0 aromatic heterocycles. The van der Waals surface area contributed by atoms with Gasteiger partial charge < -0.3 is 15.5 Å². The highest BCUT2D eigenvalue weighted by Crippen LogP contribution is 2.27. The second-order valence-corrected chi connectivity index (χ2v) is 9.54. The van der Waals surface area contributed by atoms with Gasteiger partial charge in [-0.15, -0.1) is 24.0 Å². The summed E-state index contributed by atoms with van der Waals surface area (Å²) in [5.74, 6) is 1.52. The topological polar surface area (TPSA) is 60.0 Å². The molecule has 29 heavy (non-hydrogen) atoms. The van der Waals surface area contributed by atoms with Crippen molar-refractivity contribution in [3.05, 3.63) is 0 Å². The summed E-state index contributed by atoms with van der Waals surface area (Å²) in [6, 6.07) is 0.303. The van der Waals surface area contributed by atoms with E-state index in [1.807, 2.05) is 7.05 Å². The highest BCUT2D eigenvalue weighted by molar-refractivity contribution is 14.0. The fourth-order valence-electron chi connectivity index (χ4n) is 4.99. The lowest BCUT2D eigenvalue weighted by molar-refractivity contribution is -0.135. The maximum atomic E-state index is 12.8. The van der Waals surface area contributed by atoms with Crippen LogP contribution in [0, 0.1) is 5.92 Å². The number of hydrogen-bond acceptors (Lipinski definition) is 3. The maximum absolute atomic E-state index is 12.8. The molecule has 0 aromatic rings. The molecule has 168 valence electrons. The molecule has 2 heterocycles. The van der Waals surface area contributed by atoms with Crippen LogP contribution in [0.2, 0.25) is 0 Å². The van der Waals surface area contributed by atoms with Crippen LogP contribution in [0.4, 0.5) is 0 Å². The first kappa shape index (κ1) is 24.7. The van der Waals surface area contributed by atoms with Crippen molar-refractivity contribution in [3.63, 3.8) is 0 Å². The van der Waals surface area contributed by atoms with Gasteiger partial charge in [0.15, 0.2) is 5.96 Å². The Morgan fingerprint density at radius 1 is 1.00 bits per heavy atom. The summed E-state index contributed by atoms with van der Waals surface area (Å²) >= 11 is 0. The first-order valence-corrected chi connectivity index (χ1v) is 11.5. The SMILES string of the molecule is CN=C(NCC(C)(C)N1CCCCC1)NC1CCN(C(=O)C2CCCCC2)C1.I. The van der Waals surface area contributed by atoms with Crippen molar-refractivity contribution in [2.24, 2.45) is 10.9 Å². The van der Waals surface area contributed by atoms with E-state index in [1.165, 1.54) is 51.6 Å². The molecule has 2 saturated heterocycles. The number of nitrogens with one attached hydrogen (secondary N) is 2. The quantitative estimate of drug-likeness (QED) is 0.333. The molecular weight excluding hydrogens is 477 g/mol. The molecule has 0 bridgehead atoms. The number of halogens is 1. The number of carbonyl (C=O) groups is 1. The van der Waals surface area contributed by atoms with Gasteiger partial charge in [0.25, 0.3) is 0 Å². The van der Waals surface area contributed by atoms with E-state index in [2.05, 4.69) is 39.3 Å². The Morgan fingerprint density at radius 2 is 1.66 bits per heavy atom. The van der Waals surface area contributed by atoms with Crippen molar-refractivity contribution in [3.8, 4) is 0 Å². The van der Waals surface area contributed by atoms with Crippen molar-refractivity contribution < 1.29 is 4.79 Å². The summed E-state index contributed by atoms with van der Waals surface area (Å²) in [4.78, 5) is 21.9. The van der Waals surface area contributed by atoms with E-state index < -0.39 is 0 Å². The van der Waals surface area contributed by atoms with Crippen molar-refractivity contribution in [2.75, 3.05) is 39.8 Å². The summed E-state index contributed by atoms with van der Waals surface area (Å²) in [6.45, 7) is 9.60. The minimum Gasteiger partial charge on any atom is -0.355 e. The number of guanidine groups is 1. The molecule has 1 aliphatic carbocycles. The number of piperidine rings is 1. The highest BCUT2D eigenvalue weighted by Gasteiger charge is 2.32. The minimum absolute atomic E-state index is 0. The van der Waals surface area contributed by atoms with Gasteiger partial charge in [-0.1, -0.05) is 25.7 Å². The third kappa shape index (κ3) is 6.97. The summed E-state index contributed by atoms with van der Waals surface area (Å²) in [7, 11) is 1.84. The lowest BCUT2D eigenvalue weighted by Gasteiger charge is -2.41. The first-order chi connectivity index (χ1) is 13.5. The summed E-state index contributed by atoms with van der Waals surface area (Å²) in [6.07, 6.45) is 10.9. The van der Waals surface area contributed by atoms with Crippen LogP contribution in [0.1, 0.15) is 71.6 Å². The number of carbonyl (C=O) groups excluding carboxylic acids is 1. The Morgan fingerprint density at radius 3 is 2.31 bits per heavy atom. The predicted octanol–water partition coefficient (Wildman–Crippen LogP) is 3.22. The largest absolute Gasteiger partial charge is 0.355 e. The average molecular weight is 520 g/mol. The van der Waals surface area contributed by atoms with Crippen LogP contribution in [0.25, 0.3) is 0 Å². The molecule has 0 radical (unpaired) electrons. The fourth-order valence-corrected chi connectivity index (χ4v) is 4.99. The van der Waals surface area contributed by atoms with Crippen molar-refractivity contribution in [1.29, 1.82) is 0 Å². The Labute approximate surface area is 194 Å². The van der Waals surface area contributed by atoms with E-state index in [-0.39, 0.29) is 35.4 Å². The van der Waals surface area contributed by atoms with Crippen LogP contribution in [-0.2, 0) is 4.79 Å². The van der Waals surface area contributed by atoms with E-state index >= 15 is 0 Å². The Balaban J connectivity index is 0.00000300. The first-order valence-electron chi connectivity index (χ1n) is 11.5. The van der Waals surface area contributed by atoms with Gasteiger partial charge in [0.1, 0.15) is 0 Å². The van der Waals surface area contributed by atoms with Gasteiger partial charge in [0, 0.05) is 44.2 Å². The third-order valence-electron chi connectivity index (χ3n) is 6.92. The van der Waals surface area contributed by atoms with Crippen LogP contribution in [0.5, 0.6) is 0 Å². The van der Waals surface area contributed by atoms with Gasteiger partial charge >= 0.3 is 0 Å². The van der Waals surface area contributed by atoms with E-state index in [9.17, 15) is 4.79 Å².